The van der Waals surface area contributed by atoms with Gasteiger partial charge in [0.1, 0.15) is 0 Å². The fourth-order valence-corrected chi connectivity index (χ4v) is 6.87. The van der Waals surface area contributed by atoms with Gasteiger partial charge in [-0.1, -0.05) is 12.5 Å². The maximum absolute atomic E-state index is 13.5. The lowest BCUT2D eigenvalue weighted by Gasteiger charge is -2.35. The third-order valence-electron chi connectivity index (χ3n) is 5.27. The summed E-state index contributed by atoms with van der Waals surface area (Å²) in [4.78, 5) is 13.0. The normalized spacial score (nSPS) is 23.1. The quantitative estimate of drug-likeness (QED) is 0.545. The molecule has 1 atom stereocenters. The minimum atomic E-state index is -3.78. The van der Waals surface area contributed by atoms with E-state index in [0.717, 1.165) is 50.4 Å². The molecule has 2 saturated heterocycles. The van der Waals surface area contributed by atoms with Gasteiger partial charge in [-0.2, -0.15) is 16.1 Å². The van der Waals surface area contributed by atoms with Gasteiger partial charge in [0.25, 0.3) is 5.69 Å². The number of likely N-dealkylation sites (tertiary alicyclic amines) is 1. The first-order valence-corrected chi connectivity index (χ1v) is 12.1. The summed E-state index contributed by atoms with van der Waals surface area (Å²) in [5.74, 6) is 1.71. The molecule has 2 aliphatic rings. The molecule has 2 aliphatic heterocycles. The molecule has 2 heterocycles. The van der Waals surface area contributed by atoms with Gasteiger partial charge in [-0.25, -0.2) is 8.42 Å². The van der Waals surface area contributed by atoms with Gasteiger partial charge in [-0.15, -0.1) is 0 Å². The van der Waals surface area contributed by atoms with Crippen molar-refractivity contribution < 1.29 is 13.3 Å². The van der Waals surface area contributed by atoms with Crippen LogP contribution in [0.25, 0.3) is 0 Å². The third kappa shape index (κ3) is 4.82. The van der Waals surface area contributed by atoms with E-state index in [2.05, 4.69) is 4.90 Å². The van der Waals surface area contributed by atoms with Crippen LogP contribution < -0.4 is 0 Å². The van der Waals surface area contributed by atoms with Gasteiger partial charge in [0.05, 0.1) is 9.82 Å². The molecule has 0 N–H and O–H groups in total. The summed E-state index contributed by atoms with van der Waals surface area (Å²) >= 11 is 1.80. The zero-order valence-corrected chi connectivity index (χ0v) is 17.3. The van der Waals surface area contributed by atoms with E-state index in [1.807, 2.05) is 0 Å². The highest BCUT2D eigenvalue weighted by atomic mass is 32.2. The first kappa shape index (κ1) is 20.6. The molecule has 0 aromatic heterocycles. The maximum Gasteiger partial charge on any atom is 0.270 e. The van der Waals surface area contributed by atoms with E-state index in [0.29, 0.717) is 12.1 Å². The number of hydrogen-bond donors (Lipinski definition) is 0. The molecule has 27 heavy (non-hydrogen) atoms. The number of hydrogen-bond acceptors (Lipinski definition) is 6. The molecule has 150 valence electrons. The smallest absolute Gasteiger partial charge is 0.270 e. The number of sulfonamides is 1. The monoisotopic (exact) mass is 413 g/mol. The van der Waals surface area contributed by atoms with Crippen molar-refractivity contribution in [1.82, 2.24) is 9.21 Å². The highest BCUT2D eigenvalue weighted by molar-refractivity contribution is 7.99. The van der Waals surface area contributed by atoms with Crippen LogP contribution in [0.3, 0.4) is 0 Å². The predicted octanol–water partition coefficient (Wildman–Crippen LogP) is 2.89. The van der Waals surface area contributed by atoms with E-state index in [1.165, 1.54) is 24.6 Å². The average molecular weight is 414 g/mol. The Balaban J connectivity index is 1.91. The molecule has 0 saturated carbocycles. The Morgan fingerprint density at radius 3 is 2.63 bits per heavy atom. The average Bonchev–Trinajstić information content (AvgIpc) is 2.88. The van der Waals surface area contributed by atoms with Gasteiger partial charge >= 0.3 is 0 Å². The summed E-state index contributed by atoms with van der Waals surface area (Å²) in [7, 11) is -3.78. The summed E-state index contributed by atoms with van der Waals surface area (Å²) in [6.45, 7) is 4.94. The summed E-state index contributed by atoms with van der Waals surface area (Å²) in [5, 5.41) is 11.1. The molecule has 0 spiro atoms. The molecule has 0 aliphatic carbocycles. The Labute approximate surface area is 165 Å². The molecular weight excluding hydrogens is 386 g/mol. The number of thioether (sulfide) groups is 1. The zero-order chi connectivity index (χ0) is 19.4. The second-order valence-electron chi connectivity index (χ2n) is 7.27. The first-order valence-electron chi connectivity index (χ1n) is 9.46. The van der Waals surface area contributed by atoms with Crippen molar-refractivity contribution >= 4 is 27.5 Å². The Morgan fingerprint density at radius 2 is 1.93 bits per heavy atom. The van der Waals surface area contributed by atoms with Gasteiger partial charge in [-0.3, -0.25) is 10.1 Å². The van der Waals surface area contributed by atoms with Crippen molar-refractivity contribution in [1.29, 1.82) is 0 Å². The summed E-state index contributed by atoms with van der Waals surface area (Å²) < 4.78 is 28.5. The van der Waals surface area contributed by atoms with Crippen molar-refractivity contribution in [2.24, 2.45) is 0 Å². The van der Waals surface area contributed by atoms with Gasteiger partial charge < -0.3 is 4.90 Å². The minimum Gasteiger partial charge on any atom is -0.302 e. The molecule has 2 fully saturated rings. The lowest BCUT2D eigenvalue weighted by Crippen LogP contribution is -2.49. The molecule has 0 amide bonds. The van der Waals surface area contributed by atoms with Crippen molar-refractivity contribution in [2.75, 3.05) is 37.7 Å². The SMILES string of the molecule is Cc1ccc([N+](=O)[O-])cc1S(=O)(=O)N1CCCSCC1CN1CCCCC1. The number of non-ortho nitro benzene ring substituents is 1. The fourth-order valence-electron chi connectivity index (χ4n) is 3.81. The number of rotatable bonds is 5. The summed E-state index contributed by atoms with van der Waals surface area (Å²) in [5.41, 5.74) is 0.366. The van der Waals surface area contributed by atoms with Crippen molar-refractivity contribution in [3.05, 3.63) is 33.9 Å². The third-order valence-corrected chi connectivity index (χ3v) is 8.56. The molecule has 0 radical (unpaired) electrons. The standard InChI is InChI=1S/C18H27N3O4S2/c1-15-6-7-16(21(22)23)12-18(15)27(24,25)20-10-5-11-26-14-17(20)13-19-8-3-2-4-9-19/h6-7,12,17H,2-5,8-11,13-14H2,1H3. The second kappa shape index (κ2) is 8.89. The van der Waals surface area contributed by atoms with E-state index in [-0.39, 0.29) is 16.6 Å². The van der Waals surface area contributed by atoms with Gasteiger partial charge in [0.15, 0.2) is 0 Å². The van der Waals surface area contributed by atoms with E-state index in [9.17, 15) is 18.5 Å². The van der Waals surface area contributed by atoms with Crippen LogP contribution >= 0.6 is 11.8 Å². The van der Waals surface area contributed by atoms with Gasteiger partial charge in [0, 0.05) is 37.0 Å². The number of aryl methyl sites for hydroxylation is 1. The molecule has 7 nitrogen and oxygen atoms in total. The Kier molecular flexibility index (Phi) is 6.78. The van der Waals surface area contributed by atoms with E-state index >= 15 is 0 Å². The van der Waals surface area contributed by atoms with Crippen LogP contribution in [0.2, 0.25) is 0 Å². The lowest BCUT2D eigenvalue weighted by atomic mass is 10.1. The number of nitro groups is 1. The second-order valence-corrected chi connectivity index (χ2v) is 10.3. The molecule has 1 unspecified atom stereocenters. The van der Waals surface area contributed by atoms with E-state index in [1.54, 1.807) is 23.0 Å². The predicted molar refractivity (Wildman–Crippen MR) is 108 cm³/mol. The summed E-state index contributed by atoms with van der Waals surface area (Å²) in [6, 6.07) is 4.00. The zero-order valence-electron chi connectivity index (χ0n) is 15.7. The number of piperidine rings is 1. The first-order chi connectivity index (χ1) is 12.9. The Bertz CT molecular complexity index is 779. The number of nitrogens with zero attached hydrogens (tertiary/aromatic N) is 3. The maximum atomic E-state index is 13.5. The molecule has 1 aromatic carbocycles. The van der Waals surface area contributed by atoms with E-state index in [4.69, 9.17) is 0 Å². The molecule has 1 aromatic rings. The van der Waals surface area contributed by atoms with Crippen LogP contribution in [0.15, 0.2) is 23.1 Å². The largest absolute Gasteiger partial charge is 0.302 e. The van der Waals surface area contributed by atoms with Crippen LogP contribution in [0, 0.1) is 17.0 Å². The fraction of sp³-hybridized carbons (Fsp3) is 0.667. The van der Waals surface area contributed by atoms with Gasteiger partial charge in [0.2, 0.25) is 10.0 Å². The van der Waals surface area contributed by atoms with Crippen LogP contribution in [-0.2, 0) is 10.0 Å². The highest BCUT2D eigenvalue weighted by Gasteiger charge is 2.35. The Hall–Kier alpha value is -1.16. The van der Waals surface area contributed by atoms with Crippen LogP contribution in [0.5, 0.6) is 0 Å². The van der Waals surface area contributed by atoms with Crippen molar-refractivity contribution in [2.45, 2.75) is 43.5 Å². The van der Waals surface area contributed by atoms with Crippen LogP contribution in [0.4, 0.5) is 5.69 Å². The van der Waals surface area contributed by atoms with Crippen molar-refractivity contribution in [3.8, 4) is 0 Å². The lowest BCUT2D eigenvalue weighted by molar-refractivity contribution is -0.385. The topological polar surface area (TPSA) is 83.8 Å². The van der Waals surface area contributed by atoms with Gasteiger partial charge in [-0.05, 0) is 50.6 Å². The number of nitro benzene ring substituents is 1. The molecule has 0 bridgehead atoms. The molecular formula is C18H27N3O4S2. The molecule has 3 rings (SSSR count). The number of benzene rings is 1. The van der Waals surface area contributed by atoms with Crippen molar-refractivity contribution in [3.63, 3.8) is 0 Å². The van der Waals surface area contributed by atoms with E-state index < -0.39 is 14.9 Å². The Morgan fingerprint density at radius 1 is 1.19 bits per heavy atom. The van der Waals surface area contributed by atoms with Crippen LogP contribution in [-0.4, -0.2) is 66.3 Å². The minimum absolute atomic E-state index is 0.0623. The highest BCUT2D eigenvalue weighted by Crippen LogP contribution is 2.29. The summed E-state index contributed by atoms with van der Waals surface area (Å²) in [6.07, 6.45) is 4.37. The van der Waals surface area contributed by atoms with Crippen LogP contribution in [0.1, 0.15) is 31.2 Å². The molecule has 9 heteroatoms.